The number of anilines is 1. The Labute approximate surface area is 145 Å². The molecule has 128 valence electrons. The first-order valence-electron chi connectivity index (χ1n) is 7.61. The van der Waals surface area contributed by atoms with Gasteiger partial charge in [0.05, 0.1) is 15.6 Å². The predicted octanol–water partition coefficient (Wildman–Crippen LogP) is 2.15. The Morgan fingerprint density at radius 1 is 1.38 bits per heavy atom. The van der Waals surface area contributed by atoms with E-state index >= 15 is 0 Å². The highest BCUT2D eigenvalue weighted by Gasteiger charge is 2.24. The van der Waals surface area contributed by atoms with Gasteiger partial charge in [-0.05, 0) is 44.0 Å². The Hall–Kier alpha value is -1.77. The second kappa shape index (κ2) is 6.27. The summed E-state index contributed by atoms with van der Waals surface area (Å²) in [6.45, 7) is 6.12. The number of sulfonamides is 1. The van der Waals surface area contributed by atoms with Crippen LogP contribution in [0.15, 0.2) is 23.1 Å². The van der Waals surface area contributed by atoms with Crippen molar-refractivity contribution in [3.05, 3.63) is 39.3 Å². The number of thiazole rings is 1. The van der Waals surface area contributed by atoms with Crippen molar-refractivity contribution in [1.82, 2.24) is 9.71 Å². The lowest BCUT2D eigenvalue weighted by molar-refractivity contribution is -0.116. The second-order valence-corrected chi connectivity index (χ2v) is 8.83. The van der Waals surface area contributed by atoms with Crippen molar-refractivity contribution in [3.63, 3.8) is 0 Å². The molecular weight excluding hydrogens is 346 g/mol. The standard InChI is InChI=1S/C16H19N3O3S2/c1-10-16(23-11(2)18-10)9-17-24(21,22)14-4-5-15-13(8-14)6-7-19(15)12(3)20/h4-5,8,17H,6-7,9H2,1-3H3. The van der Waals surface area contributed by atoms with Gasteiger partial charge in [0.15, 0.2) is 0 Å². The number of hydrogen-bond donors (Lipinski definition) is 1. The zero-order chi connectivity index (χ0) is 17.5. The van der Waals surface area contributed by atoms with Gasteiger partial charge in [-0.2, -0.15) is 0 Å². The van der Waals surface area contributed by atoms with E-state index in [2.05, 4.69) is 9.71 Å². The van der Waals surface area contributed by atoms with Gasteiger partial charge in [0.2, 0.25) is 15.9 Å². The summed E-state index contributed by atoms with van der Waals surface area (Å²) >= 11 is 1.49. The van der Waals surface area contributed by atoms with E-state index in [0.717, 1.165) is 26.8 Å². The third kappa shape index (κ3) is 3.22. The normalized spacial score (nSPS) is 14.0. The summed E-state index contributed by atoms with van der Waals surface area (Å²) in [5, 5.41) is 0.920. The van der Waals surface area contributed by atoms with Crippen molar-refractivity contribution in [2.45, 2.75) is 38.6 Å². The number of carbonyl (C=O) groups excluding carboxylic acids is 1. The fourth-order valence-corrected chi connectivity index (χ4v) is 4.87. The summed E-state index contributed by atoms with van der Waals surface area (Å²) in [6.07, 6.45) is 0.672. The van der Waals surface area contributed by atoms with Crippen LogP contribution in [0, 0.1) is 13.8 Å². The Morgan fingerprint density at radius 3 is 2.75 bits per heavy atom. The summed E-state index contributed by atoms with van der Waals surface area (Å²) in [4.78, 5) is 18.7. The van der Waals surface area contributed by atoms with Gasteiger partial charge in [0.25, 0.3) is 0 Å². The van der Waals surface area contributed by atoms with Crippen LogP contribution in [-0.4, -0.2) is 25.9 Å². The smallest absolute Gasteiger partial charge is 0.240 e. The molecule has 0 atom stereocenters. The van der Waals surface area contributed by atoms with Gasteiger partial charge in [-0.3, -0.25) is 4.79 Å². The van der Waals surface area contributed by atoms with Crippen LogP contribution < -0.4 is 9.62 Å². The minimum Gasteiger partial charge on any atom is -0.312 e. The van der Waals surface area contributed by atoms with Crippen LogP contribution in [0.3, 0.4) is 0 Å². The number of amides is 1. The Kier molecular flexibility index (Phi) is 4.46. The third-order valence-corrected chi connectivity index (χ3v) is 6.53. The first kappa shape index (κ1) is 17.1. The molecule has 2 aromatic rings. The van der Waals surface area contributed by atoms with Crippen LogP contribution in [0.25, 0.3) is 0 Å². The van der Waals surface area contributed by atoms with E-state index in [1.807, 2.05) is 13.8 Å². The maximum atomic E-state index is 12.5. The molecule has 1 aromatic heterocycles. The third-order valence-electron chi connectivity index (χ3n) is 4.06. The number of hydrogen-bond acceptors (Lipinski definition) is 5. The van der Waals surface area contributed by atoms with Crippen molar-refractivity contribution < 1.29 is 13.2 Å². The van der Waals surface area contributed by atoms with Crippen molar-refractivity contribution in [2.24, 2.45) is 0 Å². The predicted molar refractivity (Wildman–Crippen MR) is 93.8 cm³/mol. The SMILES string of the molecule is CC(=O)N1CCc2cc(S(=O)(=O)NCc3sc(C)nc3C)ccc21. The monoisotopic (exact) mass is 365 g/mol. The van der Waals surface area contributed by atoms with Gasteiger partial charge in [0, 0.05) is 30.6 Å². The molecule has 0 spiro atoms. The number of carbonyl (C=O) groups is 1. The summed E-state index contributed by atoms with van der Waals surface area (Å²) in [5.74, 6) is -0.0291. The summed E-state index contributed by atoms with van der Waals surface area (Å²) in [7, 11) is -3.60. The number of rotatable bonds is 4. The van der Waals surface area contributed by atoms with Gasteiger partial charge < -0.3 is 4.90 Å². The van der Waals surface area contributed by atoms with Crippen molar-refractivity contribution in [2.75, 3.05) is 11.4 Å². The van der Waals surface area contributed by atoms with Gasteiger partial charge in [-0.15, -0.1) is 11.3 Å². The average Bonchev–Trinajstić information content (AvgIpc) is 3.07. The molecule has 1 amide bonds. The van der Waals surface area contributed by atoms with E-state index in [9.17, 15) is 13.2 Å². The number of aryl methyl sites for hydroxylation is 2. The molecule has 3 rings (SSSR count). The summed E-state index contributed by atoms with van der Waals surface area (Å²) in [6, 6.07) is 4.92. The number of aromatic nitrogens is 1. The minimum absolute atomic E-state index is 0.0291. The molecule has 0 bridgehead atoms. The molecule has 1 aromatic carbocycles. The molecule has 6 nitrogen and oxygen atoms in total. The molecule has 2 heterocycles. The lowest BCUT2D eigenvalue weighted by Gasteiger charge is -2.15. The summed E-state index contributed by atoms with van der Waals surface area (Å²) in [5.41, 5.74) is 2.54. The van der Waals surface area contributed by atoms with Crippen LogP contribution in [0.4, 0.5) is 5.69 Å². The number of fused-ring (bicyclic) bond motifs is 1. The molecule has 1 aliphatic rings. The molecule has 1 aliphatic heterocycles. The quantitative estimate of drug-likeness (QED) is 0.900. The second-order valence-electron chi connectivity index (χ2n) is 5.78. The Morgan fingerprint density at radius 2 is 2.12 bits per heavy atom. The van der Waals surface area contributed by atoms with Gasteiger partial charge in [-0.1, -0.05) is 0 Å². The van der Waals surface area contributed by atoms with Crippen LogP contribution in [-0.2, 0) is 27.8 Å². The van der Waals surface area contributed by atoms with Crippen LogP contribution >= 0.6 is 11.3 Å². The average molecular weight is 365 g/mol. The largest absolute Gasteiger partial charge is 0.312 e. The maximum absolute atomic E-state index is 12.5. The van der Waals surface area contributed by atoms with Crippen LogP contribution in [0.2, 0.25) is 0 Å². The topological polar surface area (TPSA) is 79.4 Å². The summed E-state index contributed by atoms with van der Waals surface area (Å²) < 4.78 is 27.7. The molecule has 0 aliphatic carbocycles. The molecule has 0 fully saturated rings. The number of nitrogens with zero attached hydrogens (tertiary/aromatic N) is 2. The first-order valence-corrected chi connectivity index (χ1v) is 9.91. The highest BCUT2D eigenvalue weighted by molar-refractivity contribution is 7.89. The molecule has 0 saturated carbocycles. The maximum Gasteiger partial charge on any atom is 0.240 e. The molecule has 0 radical (unpaired) electrons. The fourth-order valence-electron chi connectivity index (χ4n) is 2.85. The number of benzene rings is 1. The fraction of sp³-hybridized carbons (Fsp3) is 0.375. The first-order chi connectivity index (χ1) is 11.3. The molecule has 1 N–H and O–H groups in total. The van der Waals surface area contributed by atoms with Crippen molar-refractivity contribution >= 4 is 33.0 Å². The minimum atomic E-state index is -3.60. The number of nitrogens with one attached hydrogen (secondary N) is 1. The highest BCUT2D eigenvalue weighted by Crippen LogP contribution is 2.30. The molecular formula is C16H19N3O3S2. The highest BCUT2D eigenvalue weighted by atomic mass is 32.2. The van der Waals surface area contributed by atoms with Gasteiger partial charge >= 0.3 is 0 Å². The zero-order valence-corrected chi connectivity index (χ0v) is 15.4. The van der Waals surface area contributed by atoms with Crippen LogP contribution in [0.5, 0.6) is 0 Å². The Balaban J connectivity index is 1.81. The van der Waals surface area contributed by atoms with Gasteiger partial charge in [-0.25, -0.2) is 18.1 Å². The zero-order valence-electron chi connectivity index (χ0n) is 13.8. The van der Waals surface area contributed by atoms with E-state index in [4.69, 9.17) is 0 Å². The molecule has 8 heteroatoms. The lowest BCUT2D eigenvalue weighted by Crippen LogP contribution is -2.26. The van der Waals surface area contributed by atoms with E-state index in [0.29, 0.717) is 13.0 Å². The Bertz CT molecular complexity index is 903. The van der Waals surface area contributed by atoms with E-state index in [1.165, 1.54) is 18.3 Å². The van der Waals surface area contributed by atoms with E-state index < -0.39 is 10.0 Å². The van der Waals surface area contributed by atoms with Crippen LogP contribution in [0.1, 0.15) is 28.1 Å². The molecule has 24 heavy (non-hydrogen) atoms. The van der Waals surface area contributed by atoms with Crippen molar-refractivity contribution in [3.8, 4) is 0 Å². The van der Waals surface area contributed by atoms with E-state index in [-0.39, 0.29) is 17.3 Å². The van der Waals surface area contributed by atoms with E-state index in [1.54, 1.807) is 23.1 Å². The van der Waals surface area contributed by atoms with Gasteiger partial charge in [0.1, 0.15) is 0 Å². The van der Waals surface area contributed by atoms with Crippen molar-refractivity contribution in [1.29, 1.82) is 0 Å². The lowest BCUT2D eigenvalue weighted by atomic mass is 10.2. The molecule has 0 saturated heterocycles. The molecule has 0 unspecified atom stereocenters.